The van der Waals surface area contributed by atoms with E-state index in [1.165, 1.54) is 5.56 Å². The summed E-state index contributed by atoms with van der Waals surface area (Å²) in [7, 11) is 0. The SMILES string of the molecule is Cc1occc1C(=O)NC1CCN(C(C)c2ccccc2)C1. The third-order valence-electron chi connectivity index (χ3n) is 4.49. The molecule has 0 saturated carbocycles. The molecule has 116 valence electrons. The zero-order valence-electron chi connectivity index (χ0n) is 13.1. The minimum Gasteiger partial charge on any atom is -0.469 e. The Kier molecular flexibility index (Phi) is 4.29. The summed E-state index contributed by atoms with van der Waals surface area (Å²) < 4.78 is 5.20. The van der Waals surface area contributed by atoms with Gasteiger partial charge in [0.25, 0.3) is 5.91 Å². The van der Waals surface area contributed by atoms with E-state index >= 15 is 0 Å². The lowest BCUT2D eigenvalue weighted by Gasteiger charge is -2.24. The number of rotatable bonds is 4. The van der Waals surface area contributed by atoms with Gasteiger partial charge in [0.1, 0.15) is 5.76 Å². The summed E-state index contributed by atoms with van der Waals surface area (Å²) in [6.45, 7) is 5.93. The van der Waals surface area contributed by atoms with Gasteiger partial charge in [0.15, 0.2) is 0 Å². The van der Waals surface area contributed by atoms with Crippen molar-refractivity contribution in [3.05, 3.63) is 59.5 Å². The van der Waals surface area contributed by atoms with Crippen molar-refractivity contribution < 1.29 is 9.21 Å². The first-order chi connectivity index (χ1) is 10.6. The number of amides is 1. The van der Waals surface area contributed by atoms with E-state index in [1.807, 2.05) is 13.0 Å². The lowest BCUT2D eigenvalue weighted by Crippen LogP contribution is -2.37. The monoisotopic (exact) mass is 298 g/mol. The van der Waals surface area contributed by atoms with E-state index in [0.29, 0.717) is 17.4 Å². The number of carbonyl (C=O) groups excluding carboxylic acids is 1. The second-order valence-electron chi connectivity index (χ2n) is 5.93. The fourth-order valence-corrected chi connectivity index (χ4v) is 3.08. The number of nitrogens with one attached hydrogen (secondary N) is 1. The van der Waals surface area contributed by atoms with Crippen LogP contribution < -0.4 is 5.32 Å². The standard InChI is InChI=1S/C18H22N2O2/c1-13(15-6-4-3-5-7-15)20-10-8-16(12-20)19-18(21)17-9-11-22-14(17)2/h3-7,9,11,13,16H,8,10,12H2,1-2H3,(H,19,21). The summed E-state index contributed by atoms with van der Waals surface area (Å²) in [5.74, 6) is 0.635. The number of aryl methyl sites for hydroxylation is 1. The van der Waals surface area contributed by atoms with Gasteiger partial charge in [0.2, 0.25) is 0 Å². The van der Waals surface area contributed by atoms with Crippen LogP contribution in [0, 0.1) is 6.92 Å². The molecule has 1 N–H and O–H groups in total. The van der Waals surface area contributed by atoms with Crippen LogP contribution in [0.5, 0.6) is 0 Å². The molecule has 2 unspecified atom stereocenters. The molecule has 1 aliphatic rings. The van der Waals surface area contributed by atoms with E-state index in [-0.39, 0.29) is 11.9 Å². The van der Waals surface area contributed by atoms with Crippen LogP contribution in [0.3, 0.4) is 0 Å². The maximum Gasteiger partial charge on any atom is 0.255 e. The molecule has 1 amide bonds. The number of hydrogen-bond donors (Lipinski definition) is 1. The van der Waals surface area contributed by atoms with Crippen LogP contribution in [0.15, 0.2) is 47.1 Å². The van der Waals surface area contributed by atoms with Gasteiger partial charge in [-0.2, -0.15) is 0 Å². The summed E-state index contributed by atoms with van der Waals surface area (Å²) in [4.78, 5) is 14.7. The molecule has 0 aliphatic carbocycles. The number of nitrogens with zero attached hydrogens (tertiary/aromatic N) is 1. The third-order valence-corrected chi connectivity index (χ3v) is 4.49. The summed E-state index contributed by atoms with van der Waals surface area (Å²) in [6, 6.07) is 12.8. The molecule has 1 saturated heterocycles. The quantitative estimate of drug-likeness (QED) is 0.943. The van der Waals surface area contributed by atoms with E-state index in [4.69, 9.17) is 4.42 Å². The normalized spacial score (nSPS) is 20.0. The van der Waals surface area contributed by atoms with E-state index in [1.54, 1.807) is 12.3 Å². The first-order valence-corrected chi connectivity index (χ1v) is 7.79. The van der Waals surface area contributed by atoms with Crippen LogP contribution in [0.2, 0.25) is 0 Å². The smallest absolute Gasteiger partial charge is 0.255 e. The van der Waals surface area contributed by atoms with Gasteiger partial charge in [-0.3, -0.25) is 9.69 Å². The van der Waals surface area contributed by atoms with Crippen LogP contribution in [0.4, 0.5) is 0 Å². The van der Waals surface area contributed by atoms with Crippen LogP contribution >= 0.6 is 0 Å². The van der Waals surface area contributed by atoms with Gasteiger partial charge in [0.05, 0.1) is 11.8 Å². The van der Waals surface area contributed by atoms with E-state index in [2.05, 4.69) is 41.4 Å². The number of likely N-dealkylation sites (tertiary alicyclic amines) is 1. The zero-order chi connectivity index (χ0) is 15.5. The fraction of sp³-hybridized carbons (Fsp3) is 0.389. The van der Waals surface area contributed by atoms with Crippen LogP contribution in [0.1, 0.15) is 41.1 Å². The molecule has 2 aromatic rings. The van der Waals surface area contributed by atoms with Crippen LogP contribution in [0.25, 0.3) is 0 Å². The minimum atomic E-state index is -0.0366. The summed E-state index contributed by atoms with van der Waals surface area (Å²) in [5, 5.41) is 3.12. The molecule has 1 aromatic carbocycles. The molecule has 1 fully saturated rings. The largest absolute Gasteiger partial charge is 0.469 e. The third kappa shape index (κ3) is 3.07. The molecule has 2 heterocycles. The van der Waals surface area contributed by atoms with Crippen molar-refractivity contribution in [2.24, 2.45) is 0 Å². The number of furan rings is 1. The predicted molar refractivity (Wildman–Crippen MR) is 85.7 cm³/mol. The Morgan fingerprint density at radius 1 is 1.32 bits per heavy atom. The Labute approximate surface area is 131 Å². The molecule has 1 aromatic heterocycles. The fourth-order valence-electron chi connectivity index (χ4n) is 3.08. The van der Waals surface area contributed by atoms with Gasteiger partial charge in [-0.1, -0.05) is 30.3 Å². The van der Waals surface area contributed by atoms with Gasteiger partial charge in [0, 0.05) is 25.2 Å². The minimum absolute atomic E-state index is 0.0366. The van der Waals surface area contributed by atoms with Crippen molar-refractivity contribution in [2.75, 3.05) is 13.1 Å². The highest BCUT2D eigenvalue weighted by Gasteiger charge is 2.28. The molecule has 0 spiro atoms. The lowest BCUT2D eigenvalue weighted by molar-refractivity contribution is 0.0935. The molecule has 2 atom stereocenters. The highest BCUT2D eigenvalue weighted by atomic mass is 16.3. The van der Waals surface area contributed by atoms with Crippen molar-refractivity contribution >= 4 is 5.91 Å². The lowest BCUT2D eigenvalue weighted by atomic mass is 10.1. The van der Waals surface area contributed by atoms with Crippen molar-refractivity contribution in [3.63, 3.8) is 0 Å². The van der Waals surface area contributed by atoms with Gasteiger partial charge < -0.3 is 9.73 Å². The van der Waals surface area contributed by atoms with Crippen molar-refractivity contribution in [3.8, 4) is 0 Å². The molecule has 0 radical (unpaired) electrons. The van der Waals surface area contributed by atoms with Crippen molar-refractivity contribution in [1.29, 1.82) is 0 Å². The first-order valence-electron chi connectivity index (χ1n) is 7.79. The maximum atomic E-state index is 12.2. The molecule has 0 bridgehead atoms. The highest BCUT2D eigenvalue weighted by molar-refractivity contribution is 5.95. The first kappa shape index (κ1) is 14.9. The van der Waals surface area contributed by atoms with Gasteiger partial charge in [-0.05, 0) is 31.9 Å². The van der Waals surface area contributed by atoms with Gasteiger partial charge in [-0.15, -0.1) is 0 Å². The molecule has 1 aliphatic heterocycles. The highest BCUT2D eigenvalue weighted by Crippen LogP contribution is 2.24. The van der Waals surface area contributed by atoms with Crippen molar-refractivity contribution in [1.82, 2.24) is 10.2 Å². The Bertz CT molecular complexity index is 636. The van der Waals surface area contributed by atoms with Crippen molar-refractivity contribution in [2.45, 2.75) is 32.4 Å². The molecule has 4 nitrogen and oxygen atoms in total. The van der Waals surface area contributed by atoms with Crippen LogP contribution in [-0.2, 0) is 0 Å². The number of benzene rings is 1. The number of carbonyl (C=O) groups is 1. The second kappa shape index (κ2) is 6.36. The Hall–Kier alpha value is -2.07. The molecular formula is C18H22N2O2. The molecular weight excluding hydrogens is 276 g/mol. The summed E-state index contributed by atoms with van der Waals surface area (Å²) >= 11 is 0. The average molecular weight is 298 g/mol. The molecule has 3 rings (SSSR count). The number of hydrogen-bond acceptors (Lipinski definition) is 3. The Morgan fingerprint density at radius 3 is 2.77 bits per heavy atom. The summed E-state index contributed by atoms with van der Waals surface area (Å²) in [6.07, 6.45) is 2.54. The second-order valence-corrected chi connectivity index (χ2v) is 5.93. The zero-order valence-corrected chi connectivity index (χ0v) is 13.1. The molecule has 4 heteroatoms. The van der Waals surface area contributed by atoms with E-state index in [9.17, 15) is 4.79 Å². The Morgan fingerprint density at radius 2 is 2.09 bits per heavy atom. The van der Waals surface area contributed by atoms with Crippen LogP contribution in [-0.4, -0.2) is 29.9 Å². The maximum absolute atomic E-state index is 12.2. The molecule has 22 heavy (non-hydrogen) atoms. The topological polar surface area (TPSA) is 45.5 Å². The average Bonchev–Trinajstić information content (AvgIpc) is 3.16. The van der Waals surface area contributed by atoms with E-state index < -0.39 is 0 Å². The Balaban J connectivity index is 1.59. The summed E-state index contributed by atoms with van der Waals surface area (Å²) in [5.41, 5.74) is 1.95. The predicted octanol–water partition coefficient (Wildman–Crippen LogP) is 3.15. The van der Waals surface area contributed by atoms with Gasteiger partial charge >= 0.3 is 0 Å². The van der Waals surface area contributed by atoms with E-state index in [0.717, 1.165) is 19.5 Å². The van der Waals surface area contributed by atoms with Gasteiger partial charge in [-0.25, -0.2) is 0 Å².